The number of hydrogen-bond acceptors (Lipinski definition) is 7. The Labute approximate surface area is 271 Å². The van der Waals surface area contributed by atoms with Crippen LogP contribution in [-0.4, -0.2) is 80.7 Å². The van der Waals surface area contributed by atoms with Crippen LogP contribution in [0.15, 0.2) is 59.7 Å². The van der Waals surface area contributed by atoms with E-state index < -0.39 is 11.2 Å². The van der Waals surface area contributed by atoms with Crippen LogP contribution in [-0.2, 0) is 9.47 Å². The summed E-state index contributed by atoms with van der Waals surface area (Å²) in [5, 5.41) is 3.58. The Morgan fingerprint density at radius 1 is 0.761 bits per heavy atom. The van der Waals surface area contributed by atoms with Crippen molar-refractivity contribution in [2.45, 2.75) is 96.6 Å². The minimum atomic E-state index is -0.530. The number of H-pyrrole nitrogens is 1. The average molecular weight is 627 g/mol. The quantitative estimate of drug-likeness (QED) is 0.318. The van der Waals surface area contributed by atoms with Crippen molar-refractivity contribution in [1.29, 1.82) is 0 Å². The van der Waals surface area contributed by atoms with E-state index in [1.54, 1.807) is 4.90 Å². The molecule has 2 fully saturated rings. The van der Waals surface area contributed by atoms with Gasteiger partial charge in [0.05, 0.1) is 36.6 Å². The summed E-state index contributed by atoms with van der Waals surface area (Å²) < 4.78 is 11.3. The van der Waals surface area contributed by atoms with Gasteiger partial charge < -0.3 is 24.7 Å². The average Bonchev–Trinajstić information content (AvgIpc) is 3.82. The fraction of sp³-hybridized carbons (Fsp3) is 0.500. The van der Waals surface area contributed by atoms with E-state index in [4.69, 9.17) is 14.5 Å². The highest BCUT2D eigenvalue weighted by Gasteiger charge is 2.39. The molecule has 3 aliphatic heterocycles. The van der Waals surface area contributed by atoms with Gasteiger partial charge in [-0.3, -0.25) is 9.89 Å². The fourth-order valence-corrected chi connectivity index (χ4v) is 6.53. The van der Waals surface area contributed by atoms with Gasteiger partial charge in [0.15, 0.2) is 0 Å². The minimum absolute atomic E-state index is 0.0646. The van der Waals surface area contributed by atoms with E-state index in [0.29, 0.717) is 13.1 Å². The molecule has 2 N–H and O–H groups in total. The number of carbonyl (C=O) groups excluding carboxylic acids is 2. The molecule has 6 rings (SSSR count). The van der Waals surface area contributed by atoms with Crippen molar-refractivity contribution in [3.63, 3.8) is 0 Å². The molecular weight excluding hydrogens is 580 g/mol. The second-order valence-electron chi connectivity index (χ2n) is 14.5. The molecule has 4 heterocycles. The normalized spacial score (nSPS) is 21.7. The largest absolute Gasteiger partial charge is 0.444 e. The zero-order valence-corrected chi connectivity index (χ0v) is 27.8. The number of nitrogens with one attached hydrogen (secondary N) is 2. The van der Waals surface area contributed by atoms with E-state index in [9.17, 15) is 9.59 Å². The number of ether oxygens (including phenoxy) is 2. The number of aromatic nitrogens is 2. The molecule has 244 valence electrons. The van der Waals surface area contributed by atoms with Gasteiger partial charge in [0, 0.05) is 24.2 Å². The lowest BCUT2D eigenvalue weighted by Crippen LogP contribution is -2.50. The second-order valence-corrected chi connectivity index (χ2v) is 14.5. The Hall–Kier alpha value is -4.34. The first-order valence-corrected chi connectivity index (χ1v) is 16.4. The monoisotopic (exact) mass is 626 g/mol. The molecule has 0 bridgehead atoms. The molecule has 0 saturated carbocycles. The topological polar surface area (TPSA) is 112 Å². The van der Waals surface area contributed by atoms with Gasteiger partial charge in [-0.05, 0) is 78.4 Å². The highest BCUT2D eigenvalue weighted by atomic mass is 16.6. The number of hydrogen-bond donors (Lipinski definition) is 2. The number of likely N-dealkylation sites (tertiary alicyclic amines) is 2. The van der Waals surface area contributed by atoms with Crippen molar-refractivity contribution < 1.29 is 19.1 Å². The Kier molecular flexibility index (Phi) is 8.56. The predicted octanol–water partition coefficient (Wildman–Crippen LogP) is 6.93. The van der Waals surface area contributed by atoms with Crippen LogP contribution in [0, 0.1) is 0 Å². The third-order valence-corrected chi connectivity index (χ3v) is 8.65. The molecule has 0 spiro atoms. The third kappa shape index (κ3) is 7.06. The van der Waals surface area contributed by atoms with E-state index in [0.717, 1.165) is 71.8 Å². The van der Waals surface area contributed by atoms with Crippen LogP contribution in [0.3, 0.4) is 0 Å². The van der Waals surface area contributed by atoms with Gasteiger partial charge in [-0.15, -0.1) is 0 Å². The van der Waals surface area contributed by atoms with Gasteiger partial charge in [0.2, 0.25) is 0 Å². The zero-order chi connectivity index (χ0) is 32.6. The first-order valence-electron chi connectivity index (χ1n) is 16.4. The second kappa shape index (κ2) is 12.5. The molecule has 2 aromatic carbocycles. The lowest BCUT2D eigenvalue weighted by atomic mass is 10.0. The SMILES string of the molecule is CC(C)(C)OC(=O)N1CCCC1c1cnc(-c2ccc(-c3ccc(C4=NCC(C5CCCN5C(=O)OC(C)(C)C)N4)cc3)cc2)[nH]1. The first-order chi connectivity index (χ1) is 21.8. The Morgan fingerprint density at radius 3 is 1.93 bits per heavy atom. The lowest BCUT2D eigenvalue weighted by Gasteiger charge is -2.31. The molecule has 2 amide bonds. The maximum Gasteiger partial charge on any atom is 0.410 e. The van der Waals surface area contributed by atoms with Crippen molar-refractivity contribution >= 4 is 18.0 Å². The number of aliphatic imine (C=N–C) groups is 1. The van der Waals surface area contributed by atoms with E-state index >= 15 is 0 Å². The minimum Gasteiger partial charge on any atom is -0.444 e. The molecule has 1 aromatic heterocycles. The molecule has 3 aromatic rings. The van der Waals surface area contributed by atoms with Crippen molar-refractivity contribution in [2.24, 2.45) is 4.99 Å². The fourth-order valence-electron chi connectivity index (χ4n) is 6.53. The molecule has 2 saturated heterocycles. The summed E-state index contributed by atoms with van der Waals surface area (Å²) in [6.45, 7) is 13.4. The van der Waals surface area contributed by atoms with Crippen LogP contribution in [0.2, 0.25) is 0 Å². The van der Waals surface area contributed by atoms with Crippen molar-refractivity contribution in [3.05, 3.63) is 66.0 Å². The van der Waals surface area contributed by atoms with Crippen LogP contribution in [0.1, 0.15) is 84.5 Å². The molecule has 0 radical (unpaired) electrons. The van der Waals surface area contributed by atoms with E-state index in [-0.39, 0.29) is 30.3 Å². The molecule has 3 aliphatic rings. The summed E-state index contributed by atoms with van der Waals surface area (Å²) in [6.07, 6.45) is 5.04. The van der Waals surface area contributed by atoms with E-state index in [2.05, 4.69) is 63.8 Å². The summed E-state index contributed by atoms with van der Waals surface area (Å²) in [4.78, 5) is 42.1. The zero-order valence-electron chi connectivity index (χ0n) is 27.8. The number of benzene rings is 2. The molecule has 10 nitrogen and oxygen atoms in total. The highest BCUT2D eigenvalue weighted by Crippen LogP contribution is 2.34. The van der Waals surface area contributed by atoms with E-state index in [1.165, 1.54) is 0 Å². The van der Waals surface area contributed by atoms with Gasteiger partial charge in [-0.1, -0.05) is 48.5 Å². The number of rotatable bonds is 5. The maximum absolute atomic E-state index is 12.8. The highest BCUT2D eigenvalue weighted by molar-refractivity contribution is 6.00. The first kappa shape index (κ1) is 31.6. The summed E-state index contributed by atoms with van der Waals surface area (Å²) in [5.41, 5.74) is 4.11. The summed E-state index contributed by atoms with van der Waals surface area (Å²) in [5.74, 6) is 1.64. The molecule has 3 unspecified atom stereocenters. The van der Waals surface area contributed by atoms with Gasteiger partial charge in [-0.2, -0.15) is 0 Å². The summed E-state index contributed by atoms with van der Waals surface area (Å²) >= 11 is 0. The van der Waals surface area contributed by atoms with Gasteiger partial charge >= 0.3 is 12.2 Å². The standard InChI is InChI=1S/C36H46N6O4/c1-35(2,3)45-33(43)41-19-7-9-29(41)27-21-37-31(39-27)25-15-11-23(12-16-25)24-13-17-26(18-14-24)32-38-22-28(40-32)30-10-8-20-42(30)34(44)46-36(4,5)6/h11-18,21,28-30H,7-10,19-20,22H2,1-6H3,(H,37,39)(H,38,40). The Balaban J connectivity index is 1.07. The molecule has 10 heteroatoms. The summed E-state index contributed by atoms with van der Waals surface area (Å²) in [6, 6.07) is 16.8. The van der Waals surface area contributed by atoms with Crippen molar-refractivity contribution in [1.82, 2.24) is 25.1 Å². The molecule has 46 heavy (non-hydrogen) atoms. The number of imidazole rings is 1. The number of nitrogens with zero attached hydrogens (tertiary/aromatic N) is 4. The van der Waals surface area contributed by atoms with Gasteiger partial charge in [0.25, 0.3) is 0 Å². The maximum atomic E-state index is 12.8. The number of carbonyl (C=O) groups is 2. The third-order valence-electron chi connectivity index (χ3n) is 8.65. The smallest absolute Gasteiger partial charge is 0.410 e. The van der Waals surface area contributed by atoms with Crippen LogP contribution in [0.25, 0.3) is 22.5 Å². The number of amidine groups is 1. The van der Waals surface area contributed by atoms with Crippen molar-refractivity contribution in [3.8, 4) is 22.5 Å². The molecular formula is C36H46N6O4. The van der Waals surface area contributed by atoms with E-state index in [1.807, 2.05) is 52.6 Å². The Bertz CT molecular complexity index is 1580. The molecule has 0 aliphatic carbocycles. The number of aromatic amines is 1. The predicted molar refractivity (Wildman–Crippen MR) is 179 cm³/mol. The summed E-state index contributed by atoms with van der Waals surface area (Å²) in [7, 11) is 0. The van der Waals surface area contributed by atoms with Gasteiger partial charge in [0.1, 0.15) is 22.9 Å². The number of amides is 2. The van der Waals surface area contributed by atoms with Gasteiger partial charge in [-0.25, -0.2) is 14.6 Å². The van der Waals surface area contributed by atoms with Crippen molar-refractivity contribution in [2.75, 3.05) is 19.6 Å². The molecule has 3 atom stereocenters. The van der Waals surface area contributed by atoms with Crippen LogP contribution in [0.4, 0.5) is 9.59 Å². The van der Waals surface area contributed by atoms with Crippen LogP contribution < -0.4 is 5.32 Å². The Morgan fingerprint density at radius 2 is 1.30 bits per heavy atom. The van der Waals surface area contributed by atoms with Crippen LogP contribution >= 0.6 is 0 Å². The van der Waals surface area contributed by atoms with Crippen LogP contribution in [0.5, 0.6) is 0 Å². The lowest BCUT2D eigenvalue weighted by molar-refractivity contribution is 0.0201.